The Labute approximate surface area is 161 Å². The number of nitrogens with one attached hydrogen (secondary N) is 1. The number of amides is 1. The number of thioether (sulfide) groups is 1. The molecule has 27 heavy (non-hydrogen) atoms. The summed E-state index contributed by atoms with van der Waals surface area (Å²) in [7, 11) is 0. The van der Waals surface area contributed by atoms with Crippen LogP contribution in [0.5, 0.6) is 0 Å². The van der Waals surface area contributed by atoms with Gasteiger partial charge < -0.3 is 5.32 Å². The molecule has 0 saturated carbocycles. The molecule has 1 N–H and O–H groups in total. The largest absolute Gasteiger partial charge is 0.325 e. The summed E-state index contributed by atoms with van der Waals surface area (Å²) in [6, 6.07) is 6.14. The van der Waals surface area contributed by atoms with E-state index in [9.17, 15) is 18.4 Å². The van der Waals surface area contributed by atoms with Crippen LogP contribution in [0.2, 0.25) is 0 Å². The SMILES string of the molecule is O=C(Cn1cnc2sc3c(c2c1=O)CCC3)Nc1ccc(SC(F)F)cc1. The first-order valence-corrected chi connectivity index (χ1v) is 10.1. The Morgan fingerprint density at radius 2 is 2.07 bits per heavy atom. The number of aromatic nitrogens is 2. The third-order valence-corrected chi connectivity index (χ3v) is 6.29. The van der Waals surface area contributed by atoms with Crippen molar-refractivity contribution in [2.24, 2.45) is 0 Å². The van der Waals surface area contributed by atoms with Gasteiger partial charge in [-0.2, -0.15) is 8.78 Å². The molecular formula is C18H15F2N3O2S2. The Morgan fingerprint density at radius 3 is 2.81 bits per heavy atom. The summed E-state index contributed by atoms with van der Waals surface area (Å²) in [5, 5.41) is 3.31. The lowest BCUT2D eigenvalue weighted by molar-refractivity contribution is -0.116. The monoisotopic (exact) mass is 407 g/mol. The smallest absolute Gasteiger partial charge is 0.288 e. The zero-order valence-electron chi connectivity index (χ0n) is 14.1. The highest BCUT2D eigenvalue weighted by atomic mass is 32.2. The van der Waals surface area contributed by atoms with E-state index in [-0.39, 0.29) is 18.0 Å². The predicted octanol–water partition coefficient (Wildman–Crippen LogP) is 3.90. The van der Waals surface area contributed by atoms with E-state index in [0.717, 1.165) is 29.7 Å². The molecule has 3 aromatic rings. The number of benzene rings is 1. The molecule has 0 radical (unpaired) electrons. The summed E-state index contributed by atoms with van der Waals surface area (Å²) < 4.78 is 26.0. The molecular weight excluding hydrogens is 392 g/mol. The van der Waals surface area contributed by atoms with Crippen LogP contribution in [-0.4, -0.2) is 21.2 Å². The van der Waals surface area contributed by atoms with Crippen molar-refractivity contribution in [1.82, 2.24) is 9.55 Å². The number of nitrogens with zero attached hydrogens (tertiary/aromatic N) is 2. The normalized spacial score (nSPS) is 13.3. The zero-order valence-corrected chi connectivity index (χ0v) is 15.7. The van der Waals surface area contributed by atoms with E-state index in [4.69, 9.17) is 0 Å². The number of fused-ring (bicyclic) bond motifs is 3. The molecule has 0 fully saturated rings. The number of anilines is 1. The molecule has 0 atom stereocenters. The van der Waals surface area contributed by atoms with Crippen LogP contribution in [0.25, 0.3) is 10.2 Å². The quantitative estimate of drug-likeness (QED) is 0.652. The molecule has 0 bridgehead atoms. The zero-order chi connectivity index (χ0) is 19.0. The summed E-state index contributed by atoms with van der Waals surface area (Å²) in [4.78, 5) is 31.7. The fourth-order valence-corrected chi connectivity index (χ4v) is 4.93. The third-order valence-electron chi connectivity index (χ3n) is 4.37. The maximum Gasteiger partial charge on any atom is 0.288 e. The molecule has 1 amide bonds. The number of rotatable bonds is 5. The van der Waals surface area contributed by atoms with Gasteiger partial charge in [0.2, 0.25) is 5.91 Å². The van der Waals surface area contributed by atoms with Gasteiger partial charge in [-0.1, -0.05) is 11.8 Å². The Balaban J connectivity index is 1.50. The molecule has 0 aliphatic heterocycles. The van der Waals surface area contributed by atoms with Crippen molar-refractivity contribution in [3.63, 3.8) is 0 Å². The molecule has 2 heterocycles. The van der Waals surface area contributed by atoms with E-state index in [1.54, 1.807) is 23.5 Å². The fourth-order valence-electron chi connectivity index (χ4n) is 3.21. The molecule has 4 rings (SSSR count). The van der Waals surface area contributed by atoms with E-state index in [1.165, 1.54) is 27.9 Å². The van der Waals surface area contributed by atoms with Gasteiger partial charge in [0.25, 0.3) is 11.3 Å². The minimum Gasteiger partial charge on any atom is -0.325 e. The van der Waals surface area contributed by atoms with Gasteiger partial charge in [0.15, 0.2) is 0 Å². The predicted molar refractivity (Wildman–Crippen MR) is 103 cm³/mol. The Hall–Kier alpha value is -2.26. The number of thiophene rings is 1. The molecule has 1 aliphatic rings. The summed E-state index contributed by atoms with van der Waals surface area (Å²) in [5.41, 5.74) is 1.37. The van der Waals surface area contributed by atoms with Gasteiger partial charge in [-0.3, -0.25) is 14.2 Å². The highest BCUT2D eigenvalue weighted by Gasteiger charge is 2.21. The molecule has 0 saturated heterocycles. The molecule has 9 heteroatoms. The molecule has 1 aromatic carbocycles. The fraction of sp³-hybridized carbons (Fsp3) is 0.278. The van der Waals surface area contributed by atoms with Crippen molar-refractivity contribution in [1.29, 1.82) is 0 Å². The van der Waals surface area contributed by atoms with Gasteiger partial charge in [0, 0.05) is 15.5 Å². The van der Waals surface area contributed by atoms with Crippen molar-refractivity contribution >= 4 is 44.9 Å². The first-order chi connectivity index (χ1) is 13.0. The number of hydrogen-bond donors (Lipinski definition) is 1. The van der Waals surface area contributed by atoms with Crippen molar-refractivity contribution < 1.29 is 13.6 Å². The standard InChI is InChI=1S/C18H15F2N3O2S2/c19-18(20)26-11-6-4-10(5-7-11)22-14(24)8-23-9-21-16-15(17(23)25)12-2-1-3-13(12)27-16/h4-7,9,18H,1-3,8H2,(H,22,24). The van der Waals surface area contributed by atoms with E-state index in [1.807, 2.05) is 0 Å². The van der Waals surface area contributed by atoms with Crippen LogP contribution in [0.1, 0.15) is 16.9 Å². The molecule has 140 valence electrons. The average molecular weight is 407 g/mol. The minimum absolute atomic E-state index is 0.153. The maximum absolute atomic E-state index is 12.8. The topological polar surface area (TPSA) is 64.0 Å². The van der Waals surface area contributed by atoms with E-state index >= 15 is 0 Å². The highest BCUT2D eigenvalue weighted by molar-refractivity contribution is 7.99. The van der Waals surface area contributed by atoms with E-state index in [0.29, 0.717) is 27.7 Å². The van der Waals surface area contributed by atoms with Crippen LogP contribution >= 0.6 is 23.1 Å². The second-order valence-electron chi connectivity index (χ2n) is 6.17. The second kappa shape index (κ2) is 7.40. The lowest BCUT2D eigenvalue weighted by Crippen LogP contribution is -2.28. The van der Waals surface area contributed by atoms with Crippen molar-refractivity contribution in [2.75, 3.05) is 5.32 Å². The molecule has 2 aromatic heterocycles. The number of aryl methyl sites for hydroxylation is 2. The van der Waals surface area contributed by atoms with Crippen LogP contribution in [0.3, 0.4) is 0 Å². The Morgan fingerprint density at radius 1 is 1.30 bits per heavy atom. The van der Waals surface area contributed by atoms with E-state index < -0.39 is 5.76 Å². The second-order valence-corrected chi connectivity index (χ2v) is 8.31. The van der Waals surface area contributed by atoms with Gasteiger partial charge in [-0.15, -0.1) is 11.3 Å². The third kappa shape index (κ3) is 3.74. The Kier molecular flexibility index (Phi) is 4.96. The highest BCUT2D eigenvalue weighted by Crippen LogP contribution is 2.34. The van der Waals surface area contributed by atoms with E-state index in [2.05, 4.69) is 10.3 Å². The average Bonchev–Trinajstić information content (AvgIpc) is 3.19. The van der Waals surface area contributed by atoms with Crippen molar-refractivity contribution in [3.05, 3.63) is 51.4 Å². The molecule has 0 unspecified atom stereocenters. The van der Waals surface area contributed by atoms with Gasteiger partial charge >= 0.3 is 0 Å². The summed E-state index contributed by atoms with van der Waals surface area (Å²) in [6.07, 6.45) is 4.31. The number of halogens is 2. The number of carbonyl (C=O) groups excluding carboxylic acids is 1. The van der Waals surface area contributed by atoms with Crippen LogP contribution in [0.4, 0.5) is 14.5 Å². The van der Waals surface area contributed by atoms with Gasteiger partial charge in [0.1, 0.15) is 11.4 Å². The number of alkyl halides is 2. The first kappa shape index (κ1) is 18.1. The van der Waals surface area contributed by atoms with Crippen LogP contribution < -0.4 is 10.9 Å². The van der Waals surface area contributed by atoms with Crippen LogP contribution in [0, 0.1) is 0 Å². The summed E-state index contributed by atoms with van der Waals surface area (Å²) >= 11 is 2.00. The number of carbonyl (C=O) groups is 1. The Bertz CT molecular complexity index is 1060. The van der Waals surface area contributed by atoms with Crippen molar-refractivity contribution in [3.8, 4) is 0 Å². The molecule has 0 spiro atoms. The summed E-state index contributed by atoms with van der Waals surface area (Å²) in [6.45, 7) is -0.153. The van der Waals surface area contributed by atoms with Crippen molar-refractivity contribution in [2.45, 2.75) is 36.5 Å². The first-order valence-electron chi connectivity index (χ1n) is 8.35. The van der Waals surface area contributed by atoms with Crippen LogP contribution in [-0.2, 0) is 24.2 Å². The van der Waals surface area contributed by atoms with Gasteiger partial charge in [-0.25, -0.2) is 4.98 Å². The van der Waals surface area contributed by atoms with Gasteiger partial charge in [0.05, 0.1) is 11.7 Å². The lowest BCUT2D eigenvalue weighted by Gasteiger charge is -2.08. The molecule has 1 aliphatic carbocycles. The maximum atomic E-state index is 12.8. The number of hydrogen-bond acceptors (Lipinski definition) is 5. The van der Waals surface area contributed by atoms with Crippen LogP contribution in [0.15, 0.2) is 40.3 Å². The summed E-state index contributed by atoms with van der Waals surface area (Å²) in [5.74, 6) is -2.86. The minimum atomic E-state index is -2.49. The lowest BCUT2D eigenvalue weighted by atomic mass is 10.2. The van der Waals surface area contributed by atoms with Gasteiger partial charge in [-0.05, 0) is 49.1 Å². The molecule has 5 nitrogen and oxygen atoms in total.